The fourth-order valence-corrected chi connectivity index (χ4v) is 4.02. The number of hydrogen-bond donors (Lipinski definition) is 0. The standard InChI is InChI=1S/C21H30N2O4/c1-15-5-4-6-16(2)23(15)20(24)14-27-19-9-7-18(8-10-19)21(25)22-11-12-26-13-17(22)3/h7-10,15-17H,4-6,11-14H2,1-3H3/t15-,16-,17+/m0/s1. The monoisotopic (exact) mass is 374 g/mol. The van der Waals surface area contributed by atoms with Crippen molar-refractivity contribution in [3.63, 3.8) is 0 Å². The maximum atomic E-state index is 12.6. The van der Waals surface area contributed by atoms with E-state index in [4.69, 9.17) is 9.47 Å². The molecule has 0 spiro atoms. The number of nitrogens with zero attached hydrogens (tertiary/aromatic N) is 2. The number of benzene rings is 1. The van der Waals surface area contributed by atoms with Crippen molar-refractivity contribution in [2.24, 2.45) is 0 Å². The average Bonchev–Trinajstić information content (AvgIpc) is 2.66. The number of likely N-dealkylation sites (tertiary alicyclic amines) is 1. The van der Waals surface area contributed by atoms with Gasteiger partial charge in [0, 0.05) is 24.2 Å². The van der Waals surface area contributed by atoms with E-state index in [-0.39, 0.29) is 36.5 Å². The van der Waals surface area contributed by atoms with Gasteiger partial charge in [0.05, 0.1) is 19.3 Å². The molecule has 0 bridgehead atoms. The van der Waals surface area contributed by atoms with Crippen LogP contribution in [0.25, 0.3) is 0 Å². The van der Waals surface area contributed by atoms with E-state index >= 15 is 0 Å². The van der Waals surface area contributed by atoms with E-state index in [0.717, 1.165) is 12.8 Å². The lowest BCUT2D eigenvalue weighted by Crippen LogP contribution is -2.49. The molecule has 2 heterocycles. The van der Waals surface area contributed by atoms with Gasteiger partial charge in [-0.05, 0) is 64.3 Å². The maximum Gasteiger partial charge on any atom is 0.260 e. The first kappa shape index (κ1) is 19.7. The number of ether oxygens (including phenoxy) is 2. The molecule has 2 saturated heterocycles. The van der Waals surface area contributed by atoms with E-state index < -0.39 is 0 Å². The lowest BCUT2D eigenvalue weighted by Gasteiger charge is -2.39. The van der Waals surface area contributed by atoms with Crippen molar-refractivity contribution in [3.8, 4) is 5.75 Å². The second-order valence-corrected chi connectivity index (χ2v) is 7.67. The SMILES string of the molecule is C[C@@H]1COCCN1C(=O)c1ccc(OCC(=O)N2[C@@H](C)CCC[C@@H]2C)cc1. The quantitative estimate of drug-likeness (QED) is 0.813. The molecule has 0 aliphatic carbocycles. The van der Waals surface area contributed by atoms with Crippen molar-refractivity contribution in [1.29, 1.82) is 0 Å². The summed E-state index contributed by atoms with van der Waals surface area (Å²) < 4.78 is 11.1. The van der Waals surface area contributed by atoms with E-state index in [0.29, 0.717) is 31.1 Å². The van der Waals surface area contributed by atoms with Crippen molar-refractivity contribution in [2.75, 3.05) is 26.4 Å². The summed E-state index contributed by atoms with van der Waals surface area (Å²) in [6, 6.07) is 7.64. The van der Waals surface area contributed by atoms with Gasteiger partial charge in [-0.2, -0.15) is 0 Å². The van der Waals surface area contributed by atoms with E-state index in [9.17, 15) is 9.59 Å². The molecule has 148 valence electrons. The van der Waals surface area contributed by atoms with Gasteiger partial charge in [0.25, 0.3) is 11.8 Å². The zero-order valence-electron chi connectivity index (χ0n) is 16.5. The second-order valence-electron chi connectivity index (χ2n) is 7.67. The van der Waals surface area contributed by atoms with Crippen LogP contribution in [-0.2, 0) is 9.53 Å². The van der Waals surface area contributed by atoms with E-state index in [1.807, 2.05) is 16.7 Å². The summed E-state index contributed by atoms with van der Waals surface area (Å²) in [6.45, 7) is 7.97. The first-order chi connectivity index (χ1) is 13.0. The Kier molecular flexibility index (Phi) is 6.37. The molecular weight excluding hydrogens is 344 g/mol. The lowest BCUT2D eigenvalue weighted by molar-refractivity contribution is -0.139. The minimum atomic E-state index is 0.00407. The number of carbonyl (C=O) groups excluding carboxylic acids is 2. The predicted octanol–water partition coefficient (Wildman–Crippen LogP) is 2.72. The minimum Gasteiger partial charge on any atom is -0.484 e. The maximum absolute atomic E-state index is 12.6. The molecule has 0 aromatic heterocycles. The highest BCUT2D eigenvalue weighted by molar-refractivity contribution is 5.94. The molecule has 1 aromatic carbocycles. The largest absolute Gasteiger partial charge is 0.484 e. The molecule has 0 N–H and O–H groups in total. The van der Waals surface area contributed by atoms with Crippen molar-refractivity contribution in [1.82, 2.24) is 9.80 Å². The van der Waals surface area contributed by atoms with Crippen molar-refractivity contribution in [2.45, 2.75) is 58.2 Å². The Hall–Kier alpha value is -2.08. The minimum absolute atomic E-state index is 0.00407. The molecular formula is C21H30N2O4. The van der Waals surface area contributed by atoms with Crippen LogP contribution in [0.2, 0.25) is 0 Å². The Labute approximate surface area is 161 Å². The van der Waals surface area contributed by atoms with Crippen molar-refractivity contribution in [3.05, 3.63) is 29.8 Å². The summed E-state index contributed by atoms with van der Waals surface area (Å²) in [7, 11) is 0. The van der Waals surface area contributed by atoms with Crippen LogP contribution in [0.15, 0.2) is 24.3 Å². The van der Waals surface area contributed by atoms with Gasteiger partial charge in [-0.1, -0.05) is 0 Å². The summed E-state index contributed by atoms with van der Waals surface area (Å²) in [4.78, 5) is 29.0. The summed E-state index contributed by atoms with van der Waals surface area (Å²) in [5.74, 6) is 0.633. The number of morpholine rings is 1. The van der Waals surface area contributed by atoms with E-state index in [2.05, 4.69) is 13.8 Å². The smallest absolute Gasteiger partial charge is 0.260 e. The molecule has 0 unspecified atom stereocenters. The van der Waals surface area contributed by atoms with E-state index in [1.54, 1.807) is 24.3 Å². The predicted molar refractivity (Wildman–Crippen MR) is 103 cm³/mol. The molecule has 0 saturated carbocycles. The molecule has 27 heavy (non-hydrogen) atoms. The number of hydrogen-bond acceptors (Lipinski definition) is 4. The molecule has 6 heteroatoms. The van der Waals surface area contributed by atoms with Gasteiger partial charge < -0.3 is 19.3 Å². The number of amides is 2. The summed E-state index contributed by atoms with van der Waals surface area (Å²) >= 11 is 0. The Morgan fingerprint density at radius 1 is 1.07 bits per heavy atom. The van der Waals surface area contributed by atoms with E-state index in [1.165, 1.54) is 6.42 Å². The first-order valence-electron chi connectivity index (χ1n) is 9.90. The number of carbonyl (C=O) groups is 2. The Balaban J connectivity index is 1.56. The molecule has 2 aliphatic heterocycles. The Morgan fingerprint density at radius 3 is 2.37 bits per heavy atom. The van der Waals surface area contributed by atoms with Gasteiger partial charge in [0.15, 0.2) is 6.61 Å². The Morgan fingerprint density at radius 2 is 1.74 bits per heavy atom. The highest BCUT2D eigenvalue weighted by Gasteiger charge is 2.29. The number of rotatable bonds is 4. The fourth-order valence-electron chi connectivity index (χ4n) is 4.02. The van der Waals surface area contributed by atoms with Crippen LogP contribution in [0.1, 0.15) is 50.4 Å². The van der Waals surface area contributed by atoms with Crippen molar-refractivity contribution >= 4 is 11.8 Å². The van der Waals surface area contributed by atoms with Gasteiger partial charge in [-0.15, -0.1) is 0 Å². The third-order valence-corrected chi connectivity index (χ3v) is 5.57. The zero-order valence-corrected chi connectivity index (χ0v) is 16.5. The summed E-state index contributed by atoms with van der Waals surface area (Å²) in [5.41, 5.74) is 0.626. The summed E-state index contributed by atoms with van der Waals surface area (Å²) in [5, 5.41) is 0. The number of piperidine rings is 1. The molecule has 2 fully saturated rings. The van der Waals surface area contributed by atoms with Crippen LogP contribution in [0.5, 0.6) is 5.75 Å². The zero-order chi connectivity index (χ0) is 19.4. The van der Waals surface area contributed by atoms with Crippen LogP contribution < -0.4 is 4.74 Å². The van der Waals surface area contributed by atoms with Crippen LogP contribution in [0.4, 0.5) is 0 Å². The fraction of sp³-hybridized carbons (Fsp3) is 0.619. The van der Waals surface area contributed by atoms with Gasteiger partial charge >= 0.3 is 0 Å². The molecule has 2 amide bonds. The average molecular weight is 374 g/mol. The highest BCUT2D eigenvalue weighted by Crippen LogP contribution is 2.23. The summed E-state index contributed by atoms with van der Waals surface area (Å²) in [6.07, 6.45) is 3.27. The third-order valence-electron chi connectivity index (χ3n) is 5.57. The topological polar surface area (TPSA) is 59.1 Å². The van der Waals surface area contributed by atoms with Gasteiger partial charge in [0.2, 0.25) is 0 Å². The molecule has 3 rings (SSSR count). The van der Waals surface area contributed by atoms with Crippen LogP contribution in [0, 0.1) is 0 Å². The van der Waals surface area contributed by atoms with Crippen LogP contribution in [-0.4, -0.2) is 66.1 Å². The molecule has 1 aromatic rings. The van der Waals surface area contributed by atoms with Crippen LogP contribution >= 0.6 is 0 Å². The van der Waals surface area contributed by atoms with Gasteiger partial charge in [0.1, 0.15) is 5.75 Å². The molecule has 0 radical (unpaired) electrons. The van der Waals surface area contributed by atoms with Gasteiger partial charge in [-0.3, -0.25) is 9.59 Å². The molecule has 3 atom stereocenters. The van der Waals surface area contributed by atoms with Crippen molar-refractivity contribution < 1.29 is 19.1 Å². The lowest BCUT2D eigenvalue weighted by atomic mass is 9.97. The first-order valence-corrected chi connectivity index (χ1v) is 9.90. The van der Waals surface area contributed by atoms with Crippen LogP contribution in [0.3, 0.4) is 0 Å². The molecule has 2 aliphatic rings. The van der Waals surface area contributed by atoms with Gasteiger partial charge in [-0.25, -0.2) is 0 Å². The third kappa shape index (κ3) is 4.61. The second kappa shape index (κ2) is 8.74. The Bertz CT molecular complexity index is 651. The normalized spacial score (nSPS) is 26.0. The molecule has 6 nitrogen and oxygen atoms in total. The highest BCUT2D eigenvalue weighted by atomic mass is 16.5.